The molecular formula is C16H17NS2. The van der Waals surface area contributed by atoms with E-state index in [0.29, 0.717) is 6.04 Å². The van der Waals surface area contributed by atoms with E-state index in [-0.39, 0.29) is 0 Å². The maximum absolute atomic E-state index is 3.46. The van der Waals surface area contributed by atoms with Crippen molar-refractivity contribution in [2.24, 2.45) is 0 Å². The second-order valence-electron chi connectivity index (χ2n) is 4.88. The third-order valence-corrected chi connectivity index (χ3v) is 5.63. The zero-order chi connectivity index (χ0) is 13.4. The van der Waals surface area contributed by atoms with Crippen molar-refractivity contribution in [3.8, 4) is 0 Å². The van der Waals surface area contributed by atoms with E-state index >= 15 is 0 Å². The monoisotopic (exact) mass is 287 g/mol. The first-order valence-corrected chi connectivity index (χ1v) is 8.10. The number of nitrogens with one attached hydrogen (secondary N) is 1. The van der Waals surface area contributed by atoms with Crippen LogP contribution in [-0.4, -0.2) is 7.05 Å². The summed E-state index contributed by atoms with van der Waals surface area (Å²) in [6.45, 7) is 4.34. The molecule has 98 valence electrons. The number of rotatable bonds is 3. The molecule has 0 aliphatic rings. The molecule has 0 fully saturated rings. The molecule has 0 bridgehead atoms. The average molecular weight is 287 g/mol. The molecule has 1 unspecified atom stereocenters. The van der Waals surface area contributed by atoms with Crippen molar-refractivity contribution in [3.63, 3.8) is 0 Å². The predicted octanol–water partition coefficient (Wildman–Crippen LogP) is 4.89. The minimum absolute atomic E-state index is 0.296. The second kappa shape index (κ2) is 5.08. The first kappa shape index (κ1) is 12.9. The van der Waals surface area contributed by atoms with Crippen molar-refractivity contribution in [3.05, 3.63) is 57.3 Å². The molecule has 1 aromatic carbocycles. The molecular weight excluding hydrogens is 270 g/mol. The fraction of sp³-hybridized carbons (Fsp3) is 0.250. The van der Waals surface area contributed by atoms with Crippen LogP contribution in [0.4, 0.5) is 0 Å². The highest BCUT2D eigenvalue weighted by atomic mass is 32.1. The maximum Gasteiger partial charge on any atom is 0.0671 e. The molecule has 0 amide bonds. The Labute approximate surface area is 121 Å². The highest BCUT2D eigenvalue weighted by Crippen LogP contribution is 2.36. The van der Waals surface area contributed by atoms with Gasteiger partial charge in [0, 0.05) is 14.3 Å². The van der Waals surface area contributed by atoms with Crippen LogP contribution in [0.1, 0.15) is 27.6 Å². The summed E-state index contributed by atoms with van der Waals surface area (Å²) in [7, 11) is 2.04. The van der Waals surface area contributed by atoms with Gasteiger partial charge in [-0.2, -0.15) is 0 Å². The van der Waals surface area contributed by atoms with E-state index in [9.17, 15) is 0 Å². The van der Waals surface area contributed by atoms with Crippen molar-refractivity contribution in [2.75, 3.05) is 7.05 Å². The van der Waals surface area contributed by atoms with Gasteiger partial charge < -0.3 is 5.32 Å². The van der Waals surface area contributed by atoms with Crippen molar-refractivity contribution in [2.45, 2.75) is 19.9 Å². The normalized spacial score (nSPS) is 13.0. The van der Waals surface area contributed by atoms with Gasteiger partial charge in [0.05, 0.1) is 6.04 Å². The van der Waals surface area contributed by atoms with Gasteiger partial charge in [0.2, 0.25) is 0 Å². The van der Waals surface area contributed by atoms with Gasteiger partial charge in [0.1, 0.15) is 0 Å². The Morgan fingerprint density at radius 1 is 1.05 bits per heavy atom. The molecule has 2 heterocycles. The third kappa shape index (κ3) is 2.34. The van der Waals surface area contributed by atoms with Gasteiger partial charge in [-0.1, -0.05) is 23.8 Å². The van der Waals surface area contributed by atoms with Gasteiger partial charge in [-0.25, -0.2) is 0 Å². The number of aryl methyl sites for hydroxylation is 2. The zero-order valence-corrected chi connectivity index (χ0v) is 13.0. The molecule has 1 atom stereocenters. The maximum atomic E-state index is 3.46. The number of thiophene rings is 2. The van der Waals surface area contributed by atoms with Crippen LogP contribution >= 0.6 is 22.7 Å². The zero-order valence-electron chi connectivity index (χ0n) is 11.4. The van der Waals surface area contributed by atoms with E-state index in [2.05, 4.69) is 54.9 Å². The standard InChI is InChI=1S/C16H17NS2/c1-10-4-5-12(11(2)8-10)16(17-3)15-9-14-13(19-15)6-7-18-14/h4-9,16-17H,1-3H3. The lowest BCUT2D eigenvalue weighted by atomic mass is 9.98. The number of hydrogen-bond acceptors (Lipinski definition) is 3. The van der Waals surface area contributed by atoms with Gasteiger partial charge in [0.25, 0.3) is 0 Å². The first-order chi connectivity index (χ1) is 9.19. The average Bonchev–Trinajstić information content (AvgIpc) is 2.93. The van der Waals surface area contributed by atoms with Gasteiger partial charge in [-0.15, -0.1) is 22.7 Å². The summed E-state index contributed by atoms with van der Waals surface area (Å²) >= 11 is 3.71. The fourth-order valence-electron chi connectivity index (χ4n) is 2.53. The molecule has 0 spiro atoms. The number of fused-ring (bicyclic) bond motifs is 1. The summed E-state index contributed by atoms with van der Waals surface area (Å²) in [5, 5.41) is 5.62. The van der Waals surface area contributed by atoms with Crippen LogP contribution in [0.25, 0.3) is 9.40 Å². The van der Waals surface area contributed by atoms with E-state index in [4.69, 9.17) is 0 Å². The minimum atomic E-state index is 0.296. The van der Waals surface area contributed by atoms with Gasteiger partial charge >= 0.3 is 0 Å². The van der Waals surface area contributed by atoms with E-state index in [1.165, 1.54) is 31.0 Å². The Morgan fingerprint density at radius 3 is 2.58 bits per heavy atom. The highest BCUT2D eigenvalue weighted by molar-refractivity contribution is 7.27. The van der Waals surface area contributed by atoms with Crippen molar-refractivity contribution in [1.29, 1.82) is 0 Å². The van der Waals surface area contributed by atoms with Crippen LogP contribution < -0.4 is 5.32 Å². The molecule has 3 heteroatoms. The lowest BCUT2D eigenvalue weighted by Gasteiger charge is -2.18. The van der Waals surface area contributed by atoms with Crippen LogP contribution in [0, 0.1) is 13.8 Å². The summed E-state index contributed by atoms with van der Waals surface area (Å²) in [4.78, 5) is 1.40. The summed E-state index contributed by atoms with van der Waals surface area (Å²) < 4.78 is 2.79. The summed E-state index contributed by atoms with van der Waals surface area (Å²) in [6, 6.07) is 11.5. The Balaban J connectivity index is 2.06. The Kier molecular flexibility index (Phi) is 3.44. The van der Waals surface area contributed by atoms with Crippen molar-refractivity contribution < 1.29 is 0 Å². The summed E-state index contributed by atoms with van der Waals surface area (Å²) in [6.07, 6.45) is 0. The van der Waals surface area contributed by atoms with Crippen LogP contribution in [0.15, 0.2) is 35.7 Å². The fourth-order valence-corrected chi connectivity index (χ4v) is 4.78. The van der Waals surface area contributed by atoms with E-state index in [1.807, 2.05) is 29.7 Å². The predicted molar refractivity (Wildman–Crippen MR) is 86.5 cm³/mol. The Morgan fingerprint density at radius 2 is 1.89 bits per heavy atom. The SMILES string of the molecule is CNC(c1cc2sccc2s1)c1ccc(C)cc1C. The van der Waals surface area contributed by atoms with Crippen LogP contribution in [0.2, 0.25) is 0 Å². The second-order valence-corrected chi connectivity index (χ2v) is 6.94. The van der Waals surface area contributed by atoms with E-state index in [1.54, 1.807) is 0 Å². The first-order valence-electron chi connectivity index (χ1n) is 6.40. The van der Waals surface area contributed by atoms with E-state index < -0.39 is 0 Å². The Hall–Kier alpha value is -1.16. The quantitative estimate of drug-likeness (QED) is 0.723. The summed E-state index contributed by atoms with van der Waals surface area (Å²) in [5.74, 6) is 0. The topological polar surface area (TPSA) is 12.0 Å². The highest BCUT2D eigenvalue weighted by Gasteiger charge is 2.17. The smallest absolute Gasteiger partial charge is 0.0671 e. The van der Waals surface area contributed by atoms with Gasteiger partial charge in [-0.3, -0.25) is 0 Å². The van der Waals surface area contributed by atoms with E-state index in [0.717, 1.165) is 0 Å². The largest absolute Gasteiger partial charge is 0.309 e. The third-order valence-electron chi connectivity index (χ3n) is 3.47. The van der Waals surface area contributed by atoms with Crippen LogP contribution in [0.3, 0.4) is 0 Å². The molecule has 0 aliphatic carbocycles. The summed E-state index contributed by atoms with van der Waals surface area (Å²) in [5.41, 5.74) is 4.06. The molecule has 3 aromatic rings. The molecule has 1 N–H and O–H groups in total. The lowest BCUT2D eigenvalue weighted by Crippen LogP contribution is -2.17. The molecule has 0 aliphatic heterocycles. The van der Waals surface area contributed by atoms with Crippen LogP contribution in [-0.2, 0) is 0 Å². The van der Waals surface area contributed by atoms with Crippen molar-refractivity contribution >= 4 is 32.1 Å². The van der Waals surface area contributed by atoms with Gasteiger partial charge in [-0.05, 0) is 49.5 Å². The minimum Gasteiger partial charge on any atom is -0.309 e. The van der Waals surface area contributed by atoms with Crippen LogP contribution in [0.5, 0.6) is 0 Å². The number of hydrogen-bond donors (Lipinski definition) is 1. The molecule has 1 nitrogen and oxygen atoms in total. The van der Waals surface area contributed by atoms with Gasteiger partial charge in [0.15, 0.2) is 0 Å². The molecule has 19 heavy (non-hydrogen) atoms. The number of benzene rings is 1. The molecule has 3 rings (SSSR count). The molecule has 0 saturated carbocycles. The molecule has 0 saturated heterocycles. The van der Waals surface area contributed by atoms with Crippen molar-refractivity contribution in [1.82, 2.24) is 5.32 Å². The Bertz CT molecular complexity index is 680. The molecule has 0 radical (unpaired) electrons. The lowest BCUT2D eigenvalue weighted by molar-refractivity contribution is 0.699. The molecule has 2 aromatic heterocycles.